The summed E-state index contributed by atoms with van der Waals surface area (Å²) in [5, 5.41) is 3.51. The molecule has 1 saturated carbocycles. The Kier molecular flexibility index (Phi) is 10.5. The molecule has 0 spiro atoms. The molecule has 1 atom stereocenters. The van der Waals surface area contributed by atoms with Crippen molar-refractivity contribution >= 4 is 39.1 Å². The summed E-state index contributed by atoms with van der Waals surface area (Å²) in [5.41, 5.74) is 1.73. The first-order chi connectivity index (χ1) is 21.7. The van der Waals surface area contributed by atoms with Crippen molar-refractivity contribution in [2.24, 2.45) is 0 Å². The fourth-order valence-corrected chi connectivity index (χ4v) is 7.10. The van der Waals surface area contributed by atoms with Crippen LogP contribution in [0.1, 0.15) is 36.8 Å². The van der Waals surface area contributed by atoms with Crippen molar-refractivity contribution in [1.29, 1.82) is 0 Å². The van der Waals surface area contributed by atoms with Crippen molar-refractivity contribution in [2.45, 2.75) is 55.6 Å². The van der Waals surface area contributed by atoms with Crippen LogP contribution in [0.2, 0.25) is 5.02 Å². The van der Waals surface area contributed by atoms with Crippen LogP contribution in [0.5, 0.6) is 0 Å². The van der Waals surface area contributed by atoms with E-state index >= 15 is 0 Å². The Morgan fingerprint density at radius 1 is 0.822 bits per heavy atom. The molecule has 1 fully saturated rings. The summed E-state index contributed by atoms with van der Waals surface area (Å²) in [6.07, 6.45) is 3.96. The SMILES string of the molecule is O=C(NC1CCCC1)[C@H](Cc1ccccc1)N(Cc1ccc(F)cc1)C(=O)CN(c1ccccc1)S(=O)(=O)c1ccc(Cl)cc1. The zero-order chi connectivity index (χ0) is 31.8. The molecule has 5 rings (SSSR count). The van der Waals surface area contributed by atoms with Crippen molar-refractivity contribution in [1.82, 2.24) is 10.2 Å². The van der Waals surface area contributed by atoms with Crippen molar-refractivity contribution in [3.8, 4) is 0 Å². The maximum absolute atomic E-state index is 14.4. The lowest BCUT2D eigenvalue weighted by molar-refractivity contribution is -0.140. The first-order valence-electron chi connectivity index (χ1n) is 14.9. The van der Waals surface area contributed by atoms with Crippen LogP contribution in [-0.2, 0) is 32.6 Å². The molecule has 2 amide bonds. The van der Waals surface area contributed by atoms with E-state index in [1.165, 1.54) is 41.3 Å². The van der Waals surface area contributed by atoms with E-state index in [0.717, 1.165) is 35.6 Å². The number of rotatable bonds is 12. The summed E-state index contributed by atoms with van der Waals surface area (Å²) in [6.45, 7) is -0.601. The molecule has 45 heavy (non-hydrogen) atoms. The highest BCUT2D eigenvalue weighted by molar-refractivity contribution is 7.92. The van der Waals surface area contributed by atoms with Gasteiger partial charge in [0, 0.05) is 24.0 Å². The number of nitrogens with one attached hydrogen (secondary N) is 1. The van der Waals surface area contributed by atoms with Gasteiger partial charge in [0.1, 0.15) is 18.4 Å². The third-order valence-corrected chi connectivity index (χ3v) is 10.0. The highest BCUT2D eigenvalue weighted by atomic mass is 35.5. The number of benzene rings is 4. The number of halogens is 2. The van der Waals surface area contributed by atoms with Gasteiger partial charge in [0.2, 0.25) is 11.8 Å². The zero-order valence-corrected chi connectivity index (χ0v) is 26.3. The summed E-state index contributed by atoms with van der Waals surface area (Å²) >= 11 is 6.03. The summed E-state index contributed by atoms with van der Waals surface area (Å²) in [6, 6.07) is 28.2. The molecule has 0 saturated heterocycles. The second-order valence-corrected chi connectivity index (χ2v) is 13.4. The zero-order valence-electron chi connectivity index (χ0n) is 24.7. The molecule has 1 aliphatic rings. The van der Waals surface area contributed by atoms with Crippen LogP contribution in [0.25, 0.3) is 0 Å². The summed E-state index contributed by atoms with van der Waals surface area (Å²) in [5.74, 6) is -1.32. The van der Waals surface area contributed by atoms with E-state index in [-0.39, 0.29) is 35.5 Å². The normalized spacial score (nSPS) is 14.1. The third-order valence-electron chi connectivity index (χ3n) is 7.96. The minimum Gasteiger partial charge on any atom is -0.352 e. The van der Waals surface area contributed by atoms with E-state index in [2.05, 4.69) is 5.32 Å². The van der Waals surface area contributed by atoms with E-state index in [4.69, 9.17) is 11.6 Å². The number of anilines is 1. The lowest BCUT2D eigenvalue weighted by Crippen LogP contribution is -2.54. The van der Waals surface area contributed by atoms with Crippen LogP contribution in [0, 0.1) is 5.82 Å². The fraction of sp³-hybridized carbons (Fsp3) is 0.257. The molecule has 0 bridgehead atoms. The molecule has 1 N–H and O–H groups in total. The summed E-state index contributed by atoms with van der Waals surface area (Å²) in [4.78, 5) is 29.8. The van der Waals surface area contributed by atoms with Gasteiger partial charge >= 0.3 is 0 Å². The highest BCUT2D eigenvalue weighted by Crippen LogP contribution is 2.26. The predicted molar refractivity (Wildman–Crippen MR) is 174 cm³/mol. The van der Waals surface area contributed by atoms with Gasteiger partial charge in [0.25, 0.3) is 10.0 Å². The molecule has 4 aromatic rings. The third kappa shape index (κ3) is 8.29. The number of hydrogen-bond donors (Lipinski definition) is 1. The van der Waals surface area contributed by atoms with Crippen LogP contribution >= 0.6 is 11.6 Å². The molecule has 4 aromatic carbocycles. The average molecular weight is 648 g/mol. The Morgan fingerprint density at radius 3 is 2.04 bits per heavy atom. The van der Waals surface area contributed by atoms with Gasteiger partial charge in [-0.1, -0.05) is 85.1 Å². The lowest BCUT2D eigenvalue weighted by atomic mass is 10.0. The van der Waals surface area contributed by atoms with E-state index < -0.39 is 34.3 Å². The Morgan fingerprint density at radius 2 is 1.42 bits per heavy atom. The maximum Gasteiger partial charge on any atom is 0.264 e. The van der Waals surface area contributed by atoms with Crippen molar-refractivity contribution in [3.05, 3.63) is 131 Å². The Bertz CT molecular complexity index is 1680. The van der Waals surface area contributed by atoms with Crippen molar-refractivity contribution in [2.75, 3.05) is 10.8 Å². The number of carbonyl (C=O) groups is 2. The topological polar surface area (TPSA) is 86.8 Å². The molecule has 1 aliphatic carbocycles. The second-order valence-electron chi connectivity index (χ2n) is 11.1. The largest absolute Gasteiger partial charge is 0.352 e. The molecule has 0 aromatic heterocycles. The molecule has 0 unspecified atom stereocenters. The molecule has 0 aliphatic heterocycles. The summed E-state index contributed by atoms with van der Waals surface area (Å²) in [7, 11) is -4.22. The Balaban J connectivity index is 1.54. The van der Waals surface area contributed by atoms with Gasteiger partial charge in [-0.25, -0.2) is 12.8 Å². The van der Waals surface area contributed by atoms with Crippen LogP contribution < -0.4 is 9.62 Å². The van der Waals surface area contributed by atoms with Gasteiger partial charge in [0.15, 0.2) is 0 Å². The van der Waals surface area contributed by atoms with E-state index in [1.54, 1.807) is 42.5 Å². The van der Waals surface area contributed by atoms with E-state index in [0.29, 0.717) is 10.6 Å². The van der Waals surface area contributed by atoms with E-state index in [1.807, 2.05) is 30.3 Å². The summed E-state index contributed by atoms with van der Waals surface area (Å²) < 4.78 is 42.9. The average Bonchev–Trinajstić information content (AvgIpc) is 3.56. The predicted octanol–water partition coefficient (Wildman–Crippen LogP) is 6.37. The molecule has 0 heterocycles. The second kappa shape index (κ2) is 14.7. The highest BCUT2D eigenvalue weighted by Gasteiger charge is 2.35. The quantitative estimate of drug-likeness (QED) is 0.194. The number of hydrogen-bond acceptors (Lipinski definition) is 4. The number of carbonyl (C=O) groups excluding carboxylic acids is 2. The van der Waals surface area contributed by atoms with Crippen molar-refractivity contribution in [3.63, 3.8) is 0 Å². The van der Waals surface area contributed by atoms with Gasteiger partial charge in [-0.2, -0.15) is 0 Å². The van der Waals surface area contributed by atoms with Crippen LogP contribution in [-0.4, -0.2) is 43.8 Å². The van der Waals surface area contributed by atoms with Crippen molar-refractivity contribution < 1.29 is 22.4 Å². The van der Waals surface area contributed by atoms with Gasteiger partial charge in [-0.15, -0.1) is 0 Å². The first-order valence-corrected chi connectivity index (χ1v) is 16.7. The standard InChI is InChI=1S/C35H35ClFN3O4S/c36-28-17-21-32(22-18-28)45(43,44)40(31-13-5-2-6-14-31)25-34(41)39(24-27-15-19-29(37)20-16-27)33(23-26-9-3-1-4-10-26)35(42)38-30-11-7-8-12-30/h1-6,9-10,13-22,30,33H,7-8,11-12,23-25H2,(H,38,42)/t33-/m0/s1. The molecular weight excluding hydrogens is 613 g/mol. The maximum atomic E-state index is 14.4. The molecule has 234 valence electrons. The van der Waals surface area contributed by atoms with Gasteiger partial charge in [-0.3, -0.25) is 13.9 Å². The fourth-order valence-electron chi connectivity index (χ4n) is 5.56. The minimum atomic E-state index is -4.22. The lowest BCUT2D eigenvalue weighted by Gasteiger charge is -2.34. The van der Waals surface area contributed by atoms with Crippen LogP contribution in [0.3, 0.4) is 0 Å². The number of amides is 2. The smallest absolute Gasteiger partial charge is 0.264 e. The Hall–Kier alpha value is -4.21. The molecular formula is C35H35ClFN3O4S. The molecule has 10 heteroatoms. The Labute approximate surface area is 268 Å². The molecule has 0 radical (unpaired) electrons. The number of nitrogens with zero attached hydrogens (tertiary/aromatic N) is 2. The monoisotopic (exact) mass is 647 g/mol. The minimum absolute atomic E-state index is 0.00430. The molecule has 7 nitrogen and oxygen atoms in total. The first kappa shape index (κ1) is 32.2. The van der Waals surface area contributed by atoms with Gasteiger partial charge in [-0.05, 0) is 72.5 Å². The van der Waals surface area contributed by atoms with Gasteiger partial charge < -0.3 is 10.2 Å². The number of sulfonamides is 1. The van der Waals surface area contributed by atoms with E-state index in [9.17, 15) is 22.4 Å². The van der Waals surface area contributed by atoms with Gasteiger partial charge in [0.05, 0.1) is 10.6 Å². The van der Waals surface area contributed by atoms with Crippen LogP contribution in [0.4, 0.5) is 10.1 Å². The van der Waals surface area contributed by atoms with Crippen LogP contribution in [0.15, 0.2) is 114 Å². The number of para-hydroxylation sites is 1.